The molecule has 3 N–H and O–H groups in total. The fourth-order valence-electron chi connectivity index (χ4n) is 9.52. The van der Waals surface area contributed by atoms with Gasteiger partial charge < -0.3 is 10.6 Å². The minimum Gasteiger partial charge on any atom is -0.384 e. The molecule has 354 valence electrons. The molecule has 1 aliphatic carbocycles. The zero-order chi connectivity index (χ0) is 49.0. The molecular formula is C62H59ClN8. The van der Waals surface area contributed by atoms with E-state index >= 15 is 0 Å². The van der Waals surface area contributed by atoms with E-state index in [9.17, 15) is 0 Å². The van der Waals surface area contributed by atoms with E-state index in [1.807, 2.05) is 50.8 Å². The Morgan fingerprint density at radius 1 is 0.690 bits per heavy atom. The van der Waals surface area contributed by atoms with Gasteiger partial charge in [-0.25, -0.2) is 0 Å². The van der Waals surface area contributed by atoms with Gasteiger partial charge in [0.2, 0.25) is 0 Å². The molecule has 8 nitrogen and oxygen atoms in total. The van der Waals surface area contributed by atoms with Crippen LogP contribution in [0, 0.1) is 19.8 Å². The van der Waals surface area contributed by atoms with Crippen LogP contribution in [-0.4, -0.2) is 43.5 Å². The second kappa shape index (κ2) is 22.7. The fraction of sp³-hybridized carbons (Fsp3) is 0.161. The molecule has 1 aliphatic rings. The van der Waals surface area contributed by atoms with Gasteiger partial charge in [0.1, 0.15) is 5.54 Å². The van der Waals surface area contributed by atoms with Crippen LogP contribution < -0.4 is 10.6 Å². The normalized spacial score (nSPS) is 14.5. The summed E-state index contributed by atoms with van der Waals surface area (Å²) < 4.78 is 2.12. The average molecular weight is 952 g/mol. The number of nitrogens with zero attached hydrogens (tertiary/aromatic N) is 5. The molecule has 5 aromatic carbocycles. The zero-order valence-corrected chi connectivity index (χ0v) is 41.4. The molecule has 4 heterocycles. The first-order valence-electron chi connectivity index (χ1n) is 24.2. The van der Waals surface area contributed by atoms with Crippen LogP contribution in [0.15, 0.2) is 230 Å². The summed E-state index contributed by atoms with van der Waals surface area (Å²) in [4.78, 5) is 9.67. The van der Waals surface area contributed by atoms with Crippen molar-refractivity contribution in [2.45, 2.75) is 44.7 Å². The molecule has 0 spiro atoms. The highest BCUT2D eigenvalue weighted by Crippen LogP contribution is 2.42. The number of likely N-dealkylation sites (N-methyl/N-ethyl adjacent to an activating group) is 1. The number of aryl methyl sites for hydroxylation is 2. The maximum absolute atomic E-state index is 6.31. The predicted octanol–water partition coefficient (Wildman–Crippen LogP) is 13.6. The lowest BCUT2D eigenvalue weighted by atomic mass is 9.77. The molecule has 9 aromatic rings. The van der Waals surface area contributed by atoms with Crippen molar-refractivity contribution in [3.05, 3.63) is 281 Å². The van der Waals surface area contributed by atoms with E-state index in [4.69, 9.17) is 21.7 Å². The third-order valence-corrected chi connectivity index (χ3v) is 13.6. The average Bonchev–Trinajstić information content (AvgIpc) is 4.05. The quantitative estimate of drug-likeness (QED) is 0.0886. The molecular weight excluding hydrogens is 892 g/mol. The maximum atomic E-state index is 6.31. The third kappa shape index (κ3) is 10.8. The molecule has 0 saturated carbocycles. The lowest BCUT2D eigenvalue weighted by Gasteiger charge is -2.36. The van der Waals surface area contributed by atoms with Gasteiger partial charge in [-0.05, 0) is 97.0 Å². The van der Waals surface area contributed by atoms with E-state index in [1.165, 1.54) is 22.3 Å². The first-order chi connectivity index (χ1) is 34.8. The number of hydrogen-bond donors (Lipinski definition) is 3. The second-order valence-corrected chi connectivity index (χ2v) is 18.3. The van der Waals surface area contributed by atoms with Crippen molar-refractivity contribution in [2.24, 2.45) is 5.92 Å². The summed E-state index contributed by atoms with van der Waals surface area (Å²) >= 11 is 6.31. The number of H-pyrrole nitrogens is 1. The number of hydrogen-bond acceptors (Lipinski definition) is 6. The summed E-state index contributed by atoms with van der Waals surface area (Å²) in [6.45, 7) is 7.14. The number of aromatic amines is 1. The van der Waals surface area contributed by atoms with Crippen LogP contribution in [0.1, 0.15) is 75.6 Å². The van der Waals surface area contributed by atoms with E-state index in [1.54, 1.807) is 0 Å². The molecule has 71 heavy (non-hydrogen) atoms. The van der Waals surface area contributed by atoms with Gasteiger partial charge in [-0.2, -0.15) is 10.2 Å². The van der Waals surface area contributed by atoms with Crippen LogP contribution in [0.3, 0.4) is 0 Å². The largest absolute Gasteiger partial charge is 0.384 e. The van der Waals surface area contributed by atoms with E-state index in [0.717, 1.165) is 74.2 Å². The maximum Gasteiger partial charge on any atom is 0.138 e. The molecule has 0 bridgehead atoms. The molecule has 0 fully saturated rings. The fourth-order valence-corrected chi connectivity index (χ4v) is 9.68. The van der Waals surface area contributed by atoms with Gasteiger partial charge in [0.05, 0.1) is 23.3 Å². The molecule has 3 atom stereocenters. The first-order valence-corrected chi connectivity index (χ1v) is 24.6. The van der Waals surface area contributed by atoms with Gasteiger partial charge in [0.15, 0.2) is 0 Å². The standard InChI is InChI=1S/C44H39ClN4.C18H20N4/c1-32(34-15-7-3-8-16-34)46-30-41(35-23-26-40(45)27-24-35)36-25-28-43(47-29-36)42-31-49(48-33(42)2)44(37-17-9-4-10-18-37,38-19-11-5-12-20-38)39-21-13-6-14-22-39;1-13-16(12-21-22-13)18-9-8-15(10-20-18)17(11-19-2)14-6-4-3-5-7-14/h3-23,25-32,35,46H,24H2,1-2H3;3-10,12,17,19H,11H2,1-2H3,(H,21,22)/b41-30-;/t32-,35?;/m1./s1. The molecule has 0 radical (unpaired) electrons. The summed E-state index contributed by atoms with van der Waals surface area (Å²) in [6, 6.07) is 61.6. The van der Waals surface area contributed by atoms with Crippen molar-refractivity contribution >= 4 is 17.2 Å². The Balaban J connectivity index is 0.000000236. The number of aromatic nitrogens is 6. The summed E-state index contributed by atoms with van der Waals surface area (Å²) in [5, 5.41) is 19.9. The summed E-state index contributed by atoms with van der Waals surface area (Å²) in [6.07, 6.45) is 17.2. The van der Waals surface area contributed by atoms with Gasteiger partial charge in [-0.1, -0.05) is 188 Å². The number of halogens is 1. The van der Waals surface area contributed by atoms with E-state index < -0.39 is 5.54 Å². The van der Waals surface area contributed by atoms with E-state index in [2.05, 4.69) is 233 Å². The molecule has 0 amide bonds. The highest BCUT2D eigenvalue weighted by Gasteiger charge is 2.40. The van der Waals surface area contributed by atoms with Crippen molar-refractivity contribution in [3.63, 3.8) is 0 Å². The Hall–Kier alpha value is -7.91. The monoisotopic (exact) mass is 950 g/mol. The van der Waals surface area contributed by atoms with E-state index in [-0.39, 0.29) is 12.0 Å². The molecule has 4 aromatic heterocycles. The van der Waals surface area contributed by atoms with Gasteiger partial charge >= 0.3 is 0 Å². The number of allylic oxidation sites excluding steroid dienone is 5. The van der Waals surface area contributed by atoms with E-state index in [0.29, 0.717) is 5.92 Å². The Labute approximate surface area is 423 Å². The van der Waals surface area contributed by atoms with Crippen molar-refractivity contribution in [3.8, 4) is 22.5 Å². The van der Waals surface area contributed by atoms with Crippen LogP contribution in [0.25, 0.3) is 28.1 Å². The number of pyridine rings is 2. The Kier molecular flexibility index (Phi) is 15.4. The SMILES string of the molecule is CNCC(c1ccccc1)c1ccc(-c2cn[nH]c2C)nc1.Cc1nn(C(c2ccccc2)(c2ccccc2)c2ccccc2)cc1-c1ccc(/C(=C\N[C@H](C)c2ccccc2)C2C=CC(Cl)=CC2)cn1. The summed E-state index contributed by atoms with van der Waals surface area (Å²) in [5.74, 6) is 0.483. The molecule has 0 saturated heterocycles. The van der Waals surface area contributed by atoms with Gasteiger partial charge in [-0.3, -0.25) is 19.7 Å². The van der Waals surface area contributed by atoms with Crippen LogP contribution in [0.2, 0.25) is 0 Å². The lowest BCUT2D eigenvalue weighted by molar-refractivity contribution is 0.458. The second-order valence-electron chi connectivity index (χ2n) is 17.9. The highest BCUT2D eigenvalue weighted by atomic mass is 35.5. The Morgan fingerprint density at radius 2 is 1.25 bits per heavy atom. The topological polar surface area (TPSA) is 96.3 Å². The Morgan fingerprint density at radius 3 is 1.76 bits per heavy atom. The molecule has 2 unspecified atom stereocenters. The van der Waals surface area contributed by atoms with Gasteiger partial charge in [0.25, 0.3) is 0 Å². The molecule has 10 rings (SSSR count). The van der Waals surface area contributed by atoms with Gasteiger partial charge in [0, 0.05) is 71.1 Å². The zero-order valence-electron chi connectivity index (χ0n) is 40.6. The lowest BCUT2D eigenvalue weighted by Crippen LogP contribution is -2.38. The first kappa shape index (κ1) is 48.1. The van der Waals surface area contributed by atoms with Crippen LogP contribution in [0.5, 0.6) is 0 Å². The molecule has 0 aliphatic heterocycles. The van der Waals surface area contributed by atoms with Crippen LogP contribution in [0.4, 0.5) is 0 Å². The summed E-state index contributed by atoms with van der Waals surface area (Å²) in [7, 11) is 1.98. The van der Waals surface area contributed by atoms with Crippen LogP contribution in [-0.2, 0) is 5.54 Å². The van der Waals surface area contributed by atoms with Crippen LogP contribution >= 0.6 is 11.6 Å². The number of nitrogens with one attached hydrogen (secondary N) is 3. The predicted molar refractivity (Wildman–Crippen MR) is 291 cm³/mol. The molecule has 9 heteroatoms. The highest BCUT2D eigenvalue weighted by molar-refractivity contribution is 6.31. The number of rotatable bonds is 15. The minimum absolute atomic E-state index is 0.155. The van der Waals surface area contributed by atoms with Gasteiger partial charge in [-0.15, -0.1) is 0 Å². The smallest absolute Gasteiger partial charge is 0.138 e. The van der Waals surface area contributed by atoms with Crippen molar-refractivity contribution < 1.29 is 0 Å². The number of benzene rings is 5. The Bertz CT molecular complexity index is 3090. The van der Waals surface area contributed by atoms with Crippen molar-refractivity contribution in [1.29, 1.82) is 0 Å². The third-order valence-electron chi connectivity index (χ3n) is 13.3. The van der Waals surface area contributed by atoms with Crippen molar-refractivity contribution in [1.82, 2.24) is 40.6 Å². The summed E-state index contributed by atoms with van der Waals surface area (Å²) in [5.41, 5.74) is 14.5. The van der Waals surface area contributed by atoms with Crippen molar-refractivity contribution in [2.75, 3.05) is 13.6 Å². The minimum atomic E-state index is -0.689.